The summed E-state index contributed by atoms with van der Waals surface area (Å²) in [6, 6.07) is 2.68. The van der Waals surface area contributed by atoms with E-state index < -0.39 is 17.6 Å². The van der Waals surface area contributed by atoms with Gasteiger partial charge in [-0.1, -0.05) is 6.07 Å². The maximum Gasteiger partial charge on any atom is 0.419 e. The molecular weight excluding hydrogens is 210 g/mol. The second-order valence-corrected chi connectivity index (χ2v) is 3.49. The Labute approximate surface area is 84.9 Å². The molecule has 0 spiro atoms. The minimum Gasteiger partial charge on any atom is -0.328 e. The molecule has 0 aliphatic rings. The number of hydrogen-bond acceptors (Lipinski definition) is 1. The third-order valence-corrected chi connectivity index (χ3v) is 1.89. The van der Waals surface area contributed by atoms with Gasteiger partial charge in [-0.25, -0.2) is 4.39 Å². The van der Waals surface area contributed by atoms with E-state index >= 15 is 0 Å². The van der Waals surface area contributed by atoms with E-state index in [0.29, 0.717) is 12.0 Å². The molecule has 0 aliphatic heterocycles. The lowest BCUT2D eigenvalue weighted by molar-refractivity contribution is -0.140. The largest absolute Gasteiger partial charge is 0.419 e. The molecule has 0 saturated carbocycles. The van der Waals surface area contributed by atoms with E-state index in [1.807, 2.05) is 0 Å². The molecule has 1 aromatic rings. The Morgan fingerprint density at radius 2 is 1.93 bits per heavy atom. The molecule has 0 aromatic heterocycles. The van der Waals surface area contributed by atoms with Gasteiger partial charge in [-0.15, -0.1) is 0 Å². The van der Waals surface area contributed by atoms with Gasteiger partial charge in [0.1, 0.15) is 5.82 Å². The van der Waals surface area contributed by atoms with Gasteiger partial charge in [-0.05, 0) is 31.0 Å². The summed E-state index contributed by atoms with van der Waals surface area (Å²) in [4.78, 5) is 0. The monoisotopic (exact) mass is 221 g/mol. The minimum absolute atomic E-state index is 0.253. The SMILES string of the molecule is C[C@@H](N)Cc1ccc(F)c(C(F)(F)F)c1. The first-order valence-electron chi connectivity index (χ1n) is 4.42. The van der Waals surface area contributed by atoms with E-state index in [4.69, 9.17) is 5.73 Å². The Balaban J connectivity index is 3.06. The summed E-state index contributed by atoms with van der Waals surface area (Å²) in [7, 11) is 0. The van der Waals surface area contributed by atoms with E-state index in [0.717, 1.165) is 12.1 Å². The zero-order chi connectivity index (χ0) is 11.6. The minimum atomic E-state index is -4.65. The van der Waals surface area contributed by atoms with Crippen LogP contribution in [0.25, 0.3) is 0 Å². The molecular formula is C10H11F4N. The van der Waals surface area contributed by atoms with Gasteiger partial charge < -0.3 is 5.73 Å². The summed E-state index contributed by atoms with van der Waals surface area (Å²) < 4.78 is 49.7. The van der Waals surface area contributed by atoms with Crippen LogP contribution in [0.1, 0.15) is 18.1 Å². The van der Waals surface area contributed by atoms with E-state index in [9.17, 15) is 17.6 Å². The lowest BCUT2D eigenvalue weighted by Crippen LogP contribution is -2.18. The van der Waals surface area contributed by atoms with Crippen LogP contribution in [-0.4, -0.2) is 6.04 Å². The van der Waals surface area contributed by atoms with Crippen LogP contribution in [0.15, 0.2) is 18.2 Å². The maximum absolute atomic E-state index is 12.9. The topological polar surface area (TPSA) is 26.0 Å². The molecule has 0 radical (unpaired) electrons. The smallest absolute Gasteiger partial charge is 0.328 e. The van der Waals surface area contributed by atoms with Gasteiger partial charge in [0.2, 0.25) is 0 Å². The maximum atomic E-state index is 12.9. The van der Waals surface area contributed by atoms with E-state index in [1.54, 1.807) is 6.92 Å². The fourth-order valence-corrected chi connectivity index (χ4v) is 1.29. The average molecular weight is 221 g/mol. The molecule has 5 heteroatoms. The van der Waals surface area contributed by atoms with Crippen molar-refractivity contribution < 1.29 is 17.6 Å². The van der Waals surface area contributed by atoms with Crippen molar-refractivity contribution in [2.24, 2.45) is 5.73 Å². The van der Waals surface area contributed by atoms with Crippen LogP contribution in [0.3, 0.4) is 0 Å². The van der Waals surface area contributed by atoms with Crippen molar-refractivity contribution in [3.63, 3.8) is 0 Å². The zero-order valence-electron chi connectivity index (χ0n) is 8.11. The van der Waals surface area contributed by atoms with Crippen LogP contribution in [0.2, 0.25) is 0 Å². The highest BCUT2D eigenvalue weighted by Gasteiger charge is 2.34. The van der Waals surface area contributed by atoms with E-state index in [-0.39, 0.29) is 6.04 Å². The Hall–Kier alpha value is -1.10. The Morgan fingerprint density at radius 1 is 1.33 bits per heavy atom. The highest BCUT2D eigenvalue weighted by atomic mass is 19.4. The van der Waals surface area contributed by atoms with E-state index in [1.165, 1.54) is 6.07 Å². The number of alkyl halides is 3. The van der Waals surface area contributed by atoms with Crippen LogP contribution in [0.5, 0.6) is 0 Å². The lowest BCUT2D eigenvalue weighted by Gasteiger charge is -2.11. The number of rotatable bonds is 2. The van der Waals surface area contributed by atoms with E-state index in [2.05, 4.69) is 0 Å². The van der Waals surface area contributed by atoms with Crippen LogP contribution in [-0.2, 0) is 12.6 Å². The van der Waals surface area contributed by atoms with Gasteiger partial charge in [0.25, 0.3) is 0 Å². The van der Waals surface area contributed by atoms with Crippen LogP contribution in [0, 0.1) is 5.82 Å². The standard InChI is InChI=1S/C10H11F4N/c1-6(15)4-7-2-3-9(11)8(5-7)10(12,13)14/h2-3,5-6H,4,15H2,1H3/t6-/m1/s1. The number of nitrogens with two attached hydrogens (primary N) is 1. The lowest BCUT2D eigenvalue weighted by atomic mass is 10.0. The van der Waals surface area contributed by atoms with Crippen LogP contribution < -0.4 is 5.73 Å². The first-order valence-corrected chi connectivity index (χ1v) is 4.42. The molecule has 0 bridgehead atoms. The van der Waals surface area contributed by atoms with Crippen molar-refractivity contribution in [1.29, 1.82) is 0 Å². The number of halogens is 4. The van der Waals surface area contributed by atoms with Crippen molar-refractivity contribution >= 4 is 0 Å². The molecule has 1 atom stereocenters. The molecule has 84 valence electrons. The Bertz CT molecular complexity index is 344. The molecule has 15 heavy (non-hydrogen) atoms. The predicted molar refractivity (Wildman–Crippen MR) is 48.8 cm³/mol. The second-order valence-electron chi connectivity index (χ2n) is 3.49. The molecule has 2 N–H and O–H groups in total. The van der Waals surface area contributed by atoms with Gasteiger partial charge >= 0.3 is 6.18 Å². The van der Waals surface area contributed by atoms with Crippen LogP contribution in [0.4, 0.5) is 17.6 Å². The quantitative estimate of drug-likeness (QED) is 0.763. The fourth-order valence-electron chi connectivity index (χ4n) is 1.29. The summed E-state index contributed by atoms with van der Waals surface area (Å²) in [5, 5.41) is 0. The molecule has 0 unspecified atom stereocenters. The number of hydrogen-bond donors (Lipinski definition) is 1. The van der Waals surface area contributed by atoms with Crippen molar-refractivity contribution in [1.82, 2.24) is 0 Å². The molecule has 0 saturated heterocycles. The molecule has 0 amide bonds. The Kier molecular flexibility index (Phi) is 3.34. The molecule has 1 nitrogen and oxygen atoms in total. The van der Waals surface area contributed by atoms with Crippen molar-refractivity contribution in [2.45, 2.75) is 25.6 Å². The van der Waals surface area contributed by atoms with Crippen LogP contribution >= 0.6 is 0 Å². The van der Waals surface area contributed by atoms with Gasteiger partial charge in [0, 0.05) is 6.04 Å². The molecule has 0 fully saturated rings. The molecule has 1 aromatic carbocycles. The third-order valence-electron chi connectivity index (χ3n) is 1.89. The summed E-state index contributed by atoms with van der Waals surface area (Å²) in [5.74, 6) is -1.25. The normalized spacial score (nSPS) is 14.0. The predicted octanol–water partition coefficient (Wildman–Crippen LogP) is 2.73. The first-order chi connectivity index (χ1) is 6.80. The van der Waals surface area contributed by atoms with Gasteiger partial charge in [0.05, 0.1) is 5.56 Å². The highest BCUT2D eigenvalue weighted by molar-refractivity contribution is 5.27. The third kappa shape index (κ3) is 3.20. The fraction of sp³-hybridized carbons (Fsp3) is 0.400. The Morgan fingerprint density at radius 3 is 2.40 bits per heavy atom. The van der Waals surface area contributed by atoms with Crippen molar-refractivity contribution in [2.75, 3.05) is 0 Å². The van der Waals surface area contributed by atoms with Gasteiger partial charge in [-0.3, -0.25) is 0 Å². The van der Waals surface area contributed by atoms with Crippen molar-refractivity contribution in [3.05, 3.63) is 35.1 Å². The summed E-state index contributed by atoms with van der Waals surface area (Å²) in [6.45, 7) is 1.68. The summed E-state index contributed by atoms with van der Waals surface area (Å²) in [6.07, 6.45) is -4.36. The molecule has 0 aliphatic carbocycles. The second kappa shape index (κ2) is 4.18. The van der Waals surface area contributed by atoms with Gasteiger partial charge in [0.15, 0.2) is 0 Å². The zero-order valence-corrected chi connectivity index (χ0v) is 8.11. The molecule has 0 heterocycles. The molecule has 1 rings (SSSR count). The number of benzene rings is 1. The first kappa shape index (κ1) is 12.0. The highest BCUT2D eigenvalue weighted by Crippen LogP contribution is 2.31. The van der Waals surface area contributed by atoms with Crippen molar-refractivity contribution in [3.8, 4) is 0 Å². The summed E-state index contributed by atoms with van der Waals surface area (Å²) in [5.41, 5.74) is 4.60. The average Bonchev–Trinajstić information content (AvgIpc) is 2.05. The summed E-state index contributed by atoms with van der Waals surface area (Å²) >= 11 is 0. The van der Waals surface area contributed by atoms with Gasteiger partial charge in [-0.2, -0.15) is 13.2 Å².